The third-order valence-corrected chi connectivity index (χ3v) is 3.19. The number of rotatable bonds is 2. The fourth-order valence-corrected chi connectivity index (χ4v) is 2.15. The predicted molar refractivity (Wildman–Crippen MR) is 73.4 cm³/mol. The molecule has 1 saturated heterocycles. The topological polar surface area (TPSA) is 69.6 Å². The Morgan fingerprint density at radius 1 is 1.43 bits per heavy atom. The number of halogens is 1. The molecule has 1 aromatic rings. The van der Waals surface area contributed by atoms with Gasteiger partial charge in [0.1, 0.15) is 12.4 Å². The number of aliphatic hydroxyl groups excluding tert-OH is 1. The molecular weight excluding hydrogens is 275 g/mol. The number of benzene rings is 1. The van der Waals surface area contributed by atoms with Gasteiger partial charge in [-0.25, -0.2) is 4.39 Å². The first-order valence-corrected chi connectivity index (χ1v) is 6.46. The van der Waals surface area contributed by atoms with Crippen molar-refractivity contribution in [3.63, 3.8) is 0 Å². The molecule has 5 nitrogen and oxygen atoms in total. The number of carbonyl (C=O) groups excluding carboxylic acids is 2. The van der Waals surface area contributed by atoms with Gasteiger partial charge in [0.15, 0.2) is 0 Å². The normalized spacial score (nSPS) is 18.9. The summed E-state index contributed by atoms with van der Waals surface area (Å²) in [6.45, 7) is 1.74. The lowest BCUT2D eigenvalue weighted by molar-refractivity contribution is -0.139. The molecule has 2 rings (SSSR count). The van der Waals surface area contributed by atoms with E-state index in [1.165, 1.54) is 12.1 Å². The van der Waals surface area contributed by atoms with Gasteiger partial charge in [0.05, 0.1) is 12.6 Å². The van der Waals surface area contributed by atoms with E-state index in [1.54, 1.807) is 17.9 Å². The number of piperazine rings is 1. The molecule has 110 valence electrons. The molecule has 2 amide bonds. The number of nitrogens with one attached hydrogen (secondary N) is 1. The number of amides is 2. The van der Waals surface area contributed by atoms with Crippen molar-refractivity contribution >= 4 is 11.8 Å². The highest BCUT2D eigenvalue weighted by Gasteiger charge is 2.30. The van der Waals surface area contributed by atoms with Crippen LogP contribution in [0, 0.1) is 17.7 Å². The van der Waals surface area contributed by atoms with Crippen LogP contribution < -0.4 is 5.32 Å². The maximum atomic E-state index is 13.6. The van der Waals surface area contributed by atoms with Crippen molar-refractivity contribution in [2.75, 3.05) is 13.2 Å². The molecule has 0 bridgehead atoms. The molecule has 2 N–H and O–H groups in total. The summed E-state index contributed by atoms with van der Waals surface area (Å²) in [4.78, 5) is 24.6. The maximum absolute atomic E-state index is 13.6. The summed E-state index contributed by atoms with van der Waals surface area (Å²) in [5.74, 6) is 3.92. The molecule has 6 heteroatoms. The lowest BCUT2D eigenvalue weighted by Crippen LogP contribution is -2.56. The average Bonchev–Trinajstić information content (AvgIpc) is 2.41. The van der Waals surface area contributed by atoms with Crippen molar-refractivity contribution in [2.24, 2.45) is 0 Å². The van der Waals surface area contributed by atoms with Gasteiger partial charge < -0.3 is 5.11 Å². The van der Waals surface area contributed by atoms with Crippen molar-refractivity contribution in [2.45, 2.75) is 19.5 Å². The van der Waals surface area contributed by atoms with Gasteiger partial charge in [0.2, 0.25) is 11.8 Å². The smallest absolute Gasteiger partial charge is 0.243 e. The lowest BCUT2D eigenvalue weighted by atomic mass is 10.1. The van der Waals surface area contributed by atoms with Crippen molar-refractivity contribution < 1.29 is 19.1 Å². The van der Waals surface area contributed by atoms with Crippen LogP contribution >= 0.6 is 0 Å². The van der Waals surface area contributed by atoms with Gasteiger partial charge >= 0.3 is 0 Å². The van der Waals surface area contributed by atoms with Gasteiger partial charge in [-0.3, -0.25) is 19.8 Å². The van der Waals surface area contributed by atoms with Crippen LogP contribution in [0.15, 0.2) is 18.2 Å². The molecular formula is C15H15FN2O3. The van der Waals surface area contributed by atoms with Crippen molar-refractivity contribution in [3.05, 3.63) is 35.1 Å². The standard InChI is InChI=1S/C15H15FN2O3/c1-10-15(21)17-14(20)9-18(10)8-12-5-11(3-2-4-19)6-13(16)7-12/h5-7,10,19H,4,8-9H2,1H3,(H,17,20,21). The van der Waals surface area contributed by atoms with Crippen LogP contribution in [0.4, 0.5) is 4.39 Å². The average molecular weight is 290 g/mol. The molecule has 1 aliphatic heterocycles. The van der Waals surface area contributed by atoms with Gasteiger partial charge in [-0.2, -0.15) is 0 Å². The summed E-state index contributed by atoms with van der Waals surface area (Å²) >= 11 is 0. The zero-order chi connectivity index (χ0) is 15.4. The Bertz CT molecular complexity index is 634. The van der Waals surface area contributed by atoms with E-state index in [0.717, 1.165) is 0 Å². The maximum Gasteiger partial charge on any atom is 0.243 e. The second kappa shape index (κ2) is 6.48. The van der Waals surface area contributed by atoms with Crippen LogP contribution in [0.2, 0.25) is 0 Å². The van der Waals surface area contributed by atoms with E-state index in [9.17, 15) is 14.0 Å². The van der Waals surface area contributed by atoms with Crippen LogP contribution in [0.5, 0.6) is 0 Å². The Kier molecular flexibility index (Phi) is 4.68. The predicted octanol–water partition coefficient (Wildman–Crippen LogP) is 0.0164. The second-order valence-corrected chi connectivity index (χ2v) is 4.80. The number of hydrogen-bond acceptors (Lipinski definition) is 4. The molecule has 0 saturated carbocycles. The zero-order valence-electron chi connectivity index (χ0n) is 11.5. The summed E-state index contributed by atoms with van der Waals surface area (Å²) in [5.41, 5.74) is 1.06. The first kappa shape index (κ1) is 15.2. The fraction of sp³-hybridized carbons (Fsp3) is 0.333. The van der Waals surface area contributed by atoms with Crippen LogP contribution in [0.3, 0.4) is 0 Å². The van der Waals surface area contributed by atoms with E-state index in [-0.39, 0.29) is 31.5 Å². The highest BCUT2D eigenvalue weighted by Crippen LogP contribution is 2.14. The molecule has 1 fully saturated rings. The third-order valence-electron chi connectivity index (χ3n) is 3.19. The quantitative estimate of drug-likeness (QED) is 0.595. The number of carbonyl (C=O) groups is 2. The first-order valence-electron chi connectivity index (χ1n) is 6.46. The number of hydrogen-bond donors (Lipinski definition) is 2. The molecule has 0 spiro atoms. The molecule has 21 heavy (non-hydrogen) atoms. The van der Waals surface area contributed by atoms with E-state index in [0.29, 0.717) is 11.1 Å². The second-order valence-electron chi connectivity index (χ2n) is 4.80. The van der Waals surface area contributed by atoms with Gasteiger partial charge in [-0.15, -0.1) is 0 Å². The van der Waals surface area contributed by atoms with Crippen molar-refractivity contribution in [3.8, 4) is 11.8 Å². The largest absolute Gasteiger partial charge is 0.384 e. The minimum atomic E-state index is -0.460. The van der Waals surface area contributed by atoms with Gasteiger partial charge in [0.25, 0.3) is 0 Å². The van der Waals surface area contributed by atoms with E-state index < -0.39 is 11.9 Å². The van der Waals surface area contributed by atoms with Crippen LogP contribution in [0.25, 0.3) is 0 Å². The lowest BCUT2D eigenvalue weighted by Gasteiger charge is -2.31. The van der Waals surface area contributed by atoms with Crippen molar-refractivity contribution in [1.82, 2.24) is 10.2 Å². The van der Waals surface area contributed by atoms with Crippen LogP contribution in [-0.4, -0.2) is 41.0 Å². The van der Waals surface area contributed by atoms with E-state index >= 15 is 0 Å². The van der Waals surface area contributed by atoms with Crippen LogP contribution in [0.1, 0.15) is 18.1 Å². The molecule has 1 aliphatic rings. The van der Waals surface area contributed by atoms with Gasteiger partial charge in [-0.1, -0.05) is 11.8 Å². The zero-order valence-corrected chi connectivity index (χ0v) is 11.5. The Morgan fingerprint density at radius 2 is 2.19 bits per heavy atom. The summed E-state index contributed by atoms with van der Waals surface area (Å²) in [5, 5.41) is 10.9. The highest BCUT2D eigenvalue weighted by molar-refractivity contribution is 6.00. The van der Waals surface area contributed by atoms with Crippen molar-refractivity contribution in [1.29, 1.82) is 0 Å². The molecule has 1 aromatic carbocycles. The fourth-order valence-electron chi connectivity index (χ4n) is 2.15. The Hall–Kier alpha value is -2.23. The number of nitrogens with zero attached hydrogens (tertiary/aromatic N) is 1. The van der Waals surface area contributed by atoms with Gasteiger partial charge in [-0.05, 0) is 30.7 Å². The molecule has 1 unspecified atom stereocenters. The molecule has 0 radical (unpaired) electrons. The summed E-state index contributed by atoms with van der Waals surface area (Å²) in [7, 11) is 0. The molecule has 0 aliphatic carbocycles. The van der Waals surface area contributed by atoms with E-state index in [2.05, 4.69) is 17.2 Å². The number of aliphatic hydroxyl groups is 1. The van der Waals surface area contributed by atoms with E-state index in [4.69, 9.17) is 5.11 Å². The van der Waals surface area contributed by atoms with Crippen LogP contribution in [-0.2, 0) is 16.1 Å². The molecule has 1 heterocycles. The first-order chi connectivity index (χ1) is 9.99. The highest BCUT2D eigenvalue weighted by atomic mass is 19.1. The SMILES string of the molecule is CC1C(=O)NC(=O)CN1Cc1cc(F)cc(C#CCO)c1. The monoisotopic (exact) mass is 290 g/mol. The summed E-state index contributed by atoms with van der Waals surface area (Å²) in [6, 6.07) is 3.82. The van der Waals surface area contributed by atoms with E-state index in [1.807, 2.05) is 0 Å². The summed E-state index contributed by atoms with van der Waals surface area (Å²) < 4.78 is 13.6. The minimum absolute atomic E-state index is 0.0844. The Morgan fingerprint density at radius 3 is 2.90 bits per heavy atom. The molecule has 0 aromatic heterocycles. The summed E-state index contributed by atoms with van der Waals surface area (Å²) in [6.07, 6.45) is 0. The van der Waals surface area contributed by atoms with Gasteiger partial charge in [0, 0.05) is 12.1 Å². The third kappa shape index (κ3) is 3.88. The minimum Gasteiger partial charge on any atom is -0.384 e. The Labute approximate surface area is 121 Å². The Balaban J connectivity index is 2.20. The number of imide groups is 1. The molecule has 1 atom stereocenters.